The Bertz CT molecular complexity index is 1380. The average molecular weight is 533 g/mol. The van der Waals surface area contributed by atoms with E-state index in [9.17, 15) is 19.5 Å². The monoisotopic (exact) mass is 532 g/mol. The maximum absolute atomic E-state index is 12.7. The molecule has 1 aromatic heterocycles. The average Bonchev–Trinajstić information content (AvgIpc) is 3.32. The molecular formula is C30H36N4O5. The van der Waals surface area contributed by atoms with Crippen LogP contribution in [0.4, 0.5) is 10.5 Å². The van der Waals surface area contributed by atoms with Crippen LogP contribution in [0.5, 0.6) is 0 Å². The van der Waals surface area contributed by atoms with Crippen molar-refractivity contribution in [2.45, 2.75) is 76.9 Å². The Hall–Kier alpha value is -3.88. The number of carboxylic acids is 1. The number of hydrogen-bond donors (Lipinski definition) is 2. The van der Waals surface area contributed by atoms with Gasteiger partial charge in [-0.3, -0.25) is 14.5 Å². The molecule has 39 heavy (non-hydrogen) atoms. The highest BCUT2D eigenvalue weighted by Crippen LogP contribution is 2.41. The lowest BCUT2D eigenvalue weighted by Crippen LogP contribution is -2.42. The van der Waals surface area contributed by atoms with Gasteiger partial charge in [0.1, 0.15) is 5.82 Å². The number of nitrogens with zero attached hydrogens (tertiary/aromatic N) is 3. The minimum atomic E-state index is -0.740. The normalized spacial score (nSPS) is 21.7. The number of methoxy groups -OCH3 is 1. The van der Waals surface area contributed by atoms with Crippen LogP contribution >= 0.6 is 0 Å². The van der Waals surface area contributed by atoms with Crippen LogP contribution in [0.15, 0.2) is 42.5 Å². The molecule has 1 saturated carbocycles. The van der Waals surface area contributed by atoms with Crippen LogP contribution in [-0.4, -0.2) is 45.8 Å². The van der Waals surface area contributed by atoms with Gasteiger partial charge in [-0.15, -0.1) is 0 Å². The minimum absolute atomic E-state index is 0.000427. The smallest absolute Gasteiger partial charge is 0.414 e. The number of rotatable bonds is 6. The Kier molecular flexibility index (Phi) is 7.59. The number of benzene rings is 2. The van der Waals surface area contributed by atoms with Gasteiger partial charge < -0.3 is 19.7 Å². The van der Waals surface area contributed by atoms with Gasteiger partial charge in [0.05, 0.1) is 35.8 Å². The fourth-order valence-corrected chi connectivity index (χ4v) is 6.31. The van der Waals surface area contributed by atoms with Crippen LogP contribution < -0.4 is 10.2 Å². The first-order valence-electron chi connectivity index (χ1n) is 13.7. The fourth-order valence-electron chi connectivity index (χ4n) is 6.31. The lowest BCUT2D eigenvalue weighted by atomic mass is 9.85. The maximum Gasteiger partial charge on any atom is 0.414 e. The zero-order chi connectivity index (χ0) is 27.7. The summed E-state index contributed by atoms with van der Waals surface area (Å²) in [5.41, 5.74) is 4.66. The first-order chi connectivity index (χ1) is 18.8. The Morgan fingerprint density at radius 2 is 1.79 bits per heavy atom. The molecule has 2 amide bonds. The number of carbonyl (C=O) groups is 3. The van der Waals surface area contributed by atoms with E-state index in [1.54, 1.807) is 4.90 Å². The number of aliphatic carboxylic acids is 1. The first kappa shape index (κ1) is 26.7. The van der Waals surface area contributed by atoms with E-state index in [0.29, 0.717) is 19.3 Å². The number of carboxylic acid groups (broad SMARTS) is 1. The Morgan fingerprint density at radius 1 is 1.08 bits per heavy atom. The number of fused-ring (bicyclic) bond motifs is 3. The quantitative estimate of drug-likeness (QED) is 0.452. The van der Waals surface area contributed by atoms with Gasteiger partial charge in [-0.2, -0.15) is 0 Å². The Labute approximate surface area is 228 Å². The number of amides is 2. The highest BCUT2D eigenvalue weighted by atomic mass is 16.5. The van der Waals surface area contributed by atoms with Gasteiger partial charge in [-0.1, -0.05) is 30.3 Å². The van der Waals surface area contributed by atoms with Crippen molar-refractivity contribution in [3.63, 3.8) is 0 Å². The standard InChI is InChI=1S/C30H36N4O5/c1-18-9-14-23-25(33(18)30(38)39-3)15-16-26-27(23)32-28(34(26)22-12-10-21(11-13-22)29(36)37)24(31-19(2)35)17-20-7-5-4-6-8-20/h4-8,15-16,18,21-22,24H,9-14,17H2,1-3H3,(H,31,35)(H,36,37)/t18-,21?,22?,24-/m0/s1. The van der Waals surface area contributed by atoms with Gasteiger partial charge in [0.15, 0.2) is 0 Å². The second kappa shape index (κ2) is 11.1. The third kappa shape index (κ3) is 5.22. The molecule has 2 atom stereocenters. The molecule has 5 rings (SSSR count). The molecule has 0 unspecified atom stereocenters. The second-order valence-corrected chi connectivity index (χ2v) is 10.8. The summed E-state index contributed by atoms with van der Waals surface area (Å²) in [6.07, 6.45) is 4.37. The number of aromatic nitrogens is 2. The van der Waals surface area contributed by atoms with Crippen molar-refractivity contribution in [1.82, 2.24) is 14.9 Å². The molecule has 2 heterocycles. The molecule has 0 bridgehead atoms. The summed E-state index contributed by atoms with van der Waals surface area (Å²) in [5, 5.41) is 12.7. The topological polar surface area (TPSA) is 114 Å². The second-order valence-electron chi connectivity index (χ2n) is 10.8. The molecule has 206 valence electrons. The van der Waals surface area contributed by atoms with Gasteiger partial charge in [0.2, 0.25) is 5.91 Å². The van der Waals surface area contributed by atoms with Gasteiger partial charge in [0, 0.05) is 24.6 Å². The molecule has 3 aromatic rings. The van der Waals surface area contributed by atoms with Crippen LogP contribution in [0, 0.1) is 5.92 Å². The molecule has 2 aromatic carbocycles. The number of ether oxygens (including phenoxy) is 1. The molecule has 0 saturated heterocycles. The molecule has 9 heteroatoms. The molecule has 0 spiro atoms. The third-order valence-electron chi connectivity index (χ3n) is 8.24. The number of carbonyl (C=O) groups excluding carboxylic acids is 2. The highest BCUT2D eigenvalue weighted by molar-refractivity contribution is 5.95. The Balaban J connectivity index is 1.66. The largest absolute Gasteiger partial charge is 0.481 e. The van der Waals surface area contributed by atoms with Crippen molar-refractivity contribution in [3.05, 3.63) is 59.4 Å². The van der Waals surface area contributed by atoms with Gasteiger partial charge in [-0.25, -0.2) is 9.78 Å². The SMILES string of the molecule is COC(=O)N1c2ccc3c(nc([C@H](Cc4ccccc4)NC(C)=O)n3C3CCC(C(=O)O)CC3)c2CC[C@@H]1C. The number of hydrogen-bond acceptors (Lipinski definition) is 5. The van der Waals surface area contributed by atoms with E-state index >= 15 is 0 Å². The Morgan fingerprint density at radius 3 is 2.44 bits per heavy atom. The summed E-state index contributed by atoms with van der Waals surface area (Å²) in [6.45, 7) is 3.53. The number of aryl methyl sites for hydroxylation is 1. The van der Waals surface area contributed by atoms with Crippen molar-refractivity contribution in [2.75, 3.05) is 12.0 Å². The van der Waals surface area contributed by atoms with E-state index in [4.69, 9.17) is 9.72 Å². The predicted molar refractivity (Wildman–Crippen MR) is 148 cm³/mol. The number of anilines is 1. The molecule has 0 radical (unpaired) electrons. The van der Waals surface area contributed by atoms with E-state index in [-0.39, 0.29) is 30.0 Å². The summed E-state index contributed by atoms with van der Waals surface area (Å²) in [5.74, 6) is -0.454. The molecular weight excluding hydrogens is 496 g/mol. The summed E-state index contributed by atoms with van der Waals surface area (Å²) < 4.78 is 7.33. The lowest BCUT2D eigenvalue weighted by Gasteiger charge is -2.34. The molecule has 2 N–H and O–H groups in total. The van der Waals surface area contributed by atoms with Crippen LogP contribution in [0.25, 0.3) is 11.0 Å². The lowest BCUT2D eigenvalue weighted by molar-refractivity contribution is -0.143. The molecule has 1 aliphatic carbocycles. The van der Waals surface area contributed by atoms with Gasteiger partial charge >= 0.3 is 12.1 Å². The van der Waals surface area contributed by atoms with Crippen LogP contribution in [0.3, 0.4) is 0 Å². The van der Waals surface area contributed by atoms with Gasteiger partial charge in [-0.05, 0) is 69.6 Å². The summed E-state index contributed by atoms with van der Waals surface area (Å²) in [6, 6.07) is 13.7. The minimum Gasteiger partial charge on any atom is -0.481 e. The molecule has 1 fully saturated rings. The van der Waals surface area contributed by atoms with Crippen molar-refractivity contribution >= 4 is 34.7 Å². The zero-order valence-electron chi connectivity index (χ0n) is 22.7. The summed E-state index contributed by atoms with van der Waals surface area (Å²) in [7, 11) is 1.39. The van der Waals surface area contributed by atoms with E-state index in [1.807, 2.05) is 49.4 Å². The number of nitrogens with one attached hydrogen (secondary N) is 1. The van der Waals surface area contributed by atoms with Crippen LogP contribution in [0.1, 0.15) is 75.0 Å². The maximum atomic E-state index is 12.7. The molecule has 9 nitrogen and oxygen atoms in total. The van der Waals surface area contributed by atoms with Crippen molar-refractivity contribution in [3.8, 4) is 0 Å². The van der Waals surface area contributed by atoms with Crippen LogP contribution in [-0.2, 0) is 27.2 Å². The summed E-state index contributed by atoms with van der Waals surface area (Å²) >= 11 is 0. The van der Waals surface area contributed by atoms with E-state index in [1.165, 1.54) is 14.0 Å². The van der Waals surface area contributed by atoms with Crippen LogP contribution in [0.2, 0.25) is 0 Å². The molecule has 1 aliphatic heterocycles. The fraction of sp³-hybridized carbons (Fsp3) is 0.467. The first-order valence-corrected chi connectivity index (χ1v) is 13.7. The van der Waals surface area contributed by atoms with Crippen molar-refractivity contribution < 1.29 is 24.2 Å². The number of imidazole rings is 1. The van der Waals surface area contributed by atoms with Crippen molar-refractivity contribution in [1.29, 1.82) is 0 Å². The zero-order valence-corrected chi connectivity index (χ0v) is 22.7. The van der Waals surface area contributed by atoms with Gasteiger partial charge in [0.25, 0.3) is 0 Å². The third-order valence-corrected chi connectivity index (χ3v) is 8.24. The van der Waals surface area contributed by atoms with Crippen molar-refractivity contribution in [2.24, 2.45) is 5.92 Å². The van der Waals surface area contributed by atoms with E-state index < -0.39 is 12.1 Å². The summed E-state index contributed by atoms with van der Waals surface area (Å²) in [4.78, 5) is 43.6. The van der Waals surface area contributed by atoms with E-state index in [0.717, 1.165) is 59.4 Å². The predicted octanol–water partition coefficient (Wildman–Crippen LogP) is 5.18. The van der Waals surface area contributed by atoms with E-state index in [2.05, 4.69) is 9.88 Å². The highest BCUT2D eigenvalue weighted by Gasteiger charge is 2.35. The molecule has 2 aliphatic rings.